The standard InChI is InChI=1S/C9H18N4O2/c1-7-12-9(15-13-7)6-11-5-8(10)3-4-14-2/h8,11H,3-6,10H2,1-2H3. The molecule has 0 saturated carbocycles. The lowest BCUT2D eigenvalue weighted by Crippen LogP contribution is -2.34. The average Bonchev–Trinajstić information content (AvgIpc) is 2.61. The molecule has 1 rings (SSSR count). The summed E-state index contributed by atoms with van der Waals surface area (Å²) in [6, 6.07) is 0.0916. The van der Waals surface area contributed by atoms with E-state index in [2.05, 4.69) is 15.5 Å². The Balaban J connectivity index is 2.10. The Bertz CT molecular complexity index is 277. The van der Waals surface area contributed by atoms with Gasteiger partial charge in [0.05, 0.1) is 6.54 Å². The van der Waals surface area contributed by atoms with E-state index in [0.717, 1.165) is 6.42 Å². The number of nitrogens with two attached hydrogens (primary N) is 1. The van der Waals surface area contributed by atoms with Crippen LogP contribution in [0.1, 0.15) is 18.1 Å². The predicted molar refractivity (Wildman–Crippen MR) is 55.2 cm³/mol. The molecule has 0 radical (unpaired) electrons. The Morgan fingerprint density at radius 1 is 1.60 bits per heavy atom. The summed E-state index contributed by atoms with van der Waals surface area (Å²) in [5.41, 5.74) is 5.82. The lowest BCUT2D eigenvalue weighted by atomic mass is 10.2. The highest BCUT2D eigenvalue weighted by molar-refractivity contribution is 4.82. The summed E-state index contributed by atoms with van der Waals surface area (Å²) < 4.78 is 9.87. The van der Waals surface area contributed by atoms with Gasteiger partial charge >= 0.3 is 0 Å². The Labute approximate surface area is 89.2 Å². The van der Waals surface area contributed by atoms with Crippen molar-refractivity contribution in [2.45, 2.75) is 25.9 Å². The largest absolute Gasteiger partial charge is 0.385 e. The molecule has 1 aromatic heterocycles. The van der Waals surface area contributed by atoms with Crippen molar-refractivity contribution >= 4 is 0 Å². The molecule has 0 aromatic carbocycles. The maximum absolute atomic E-state index is 5.82. The van der Waals surface area contributed by atoms with Crippen LogP contribution in [-0.2, 0) is 11.3 Å². The van der Waals surface area contributed by atoms with E-state index >= 15 is 0 Å². The zero-order valence-corrected chi connectivity index (χ0v) is 9.19. The number of rotatable bonds is 7. The van der Waals surface area contributed by atoms with Gasteiger partial charge < -0.3 is 20.3 Å². The molecule has 1 atom stereocenters. The maximum Gasteiger partial charge on any atom is 0.240 e. The van der Waals surface area contributed by atoms with Gasteiger partial charge in [0.15, 0.2) is 5.82 Å². The van der Waals surface area contributed by atoms with Gasteiger partial charge in [-0.25, -0.2) is 0 Å². The highest BCUT2D eigenvalue weighted by atomic mass is 16.5. The van der Waals surface area contributed by atoms with Gasteiger partial charge in [0.25, 0.3) is 0 Å². The van der Waals surface area contributed by atoms with Crippen LogP contribution in [0.5, 0.6) is 0 Å². The van der Waals surface area contributed by atoms with E-state index in [-0.39, 0.29) is 6.04 Å². The Kier molecular flexibility index (Phi) is 5.23. The molecule has 0 bridgehead atoms. The molecule has 15 heavy (non-hydrogen) atoms. The van der Waals surface area contributed by atoms with Gasteiger partial charge in [0.1, 0.15) is 0 Å². The zero-order valence-electron chi connectivity index (χ0n) is 9.19. The maximum atomic E-state index is 5.82. The van der Waals surface area contributed by atoms with Crippen molar-refractivity contribution in [1.29, 1.82) is 0 Å². The SMILES string of the molecule is COCCC(N)CNCc1nc(C)no1. The van der Waals surface area contributed by atoms with Crippen molar-refractivity contribution in [2.75, 3.05) is 20.3 Å². The van der Waals surface area contributed by atoms with Crippen LogP contribution < -0.4 is 11.1 Å². The van der Waals surface area contributed by atoms with Crippen LogP contribution in [0.3, 0.4) is 0 Å². The first-order valence-corrected chi connectivity index (χ1v) is 4.96. The number of aryl methyl sites for hydroxylation is 1. The fraction of sp³-hybridized carbons (Fsp3) is 0.778. The smallest absolute Gasteiger partial charge is 0.240 e. The molecule has 0 fully saturated rings. The Morgan fingerprint density at radius 2 is 2.40 bits per heavy atom. The van der Waals surface area contributed by atoms with E-state index < -0.39 is 0 Å². The van der Waals surface area contributed by atoms with E-state index in [1.807, 2.05) is 0 Å². The van der Waals surface area contributed by atoms with Crippen molar-refractivity contribution in [2.24, 2.45) is 5.73 Å². The summed E-state index contributed by atoms with van der Waals surface area (Å²) >= 11 is 0. The molecule has 1 aromatic rings. The average molecular weight is 214 g/mol. The molecule has 0 aliphatic heterocycles. The number of nitrogens with zero attached hydrogens (tertiary/aromatic N) is 2. The number of ether oxygens (including phenoxy) is 1. The predicted octanol–water partition coefficient (Wildman–Crippen LogP) is -0.169. The molecule has 6 nitrogen and oxygen atoms in total. The minimum atomic E-state index is 0.0916. The summed E-state index contributed by atoms with van der Waals surface area (Å²) in [4.78, 5) is 4.06. The third-order valence-corrected chi connectivity index (χ3v) is 1.95. The van der Waals surface area contributed by atoms with Crippen LogP contribution in [0.2, 0.25) is 0 Å². The quantitative estimate of drug-likeness (QED) is 0.655. The summed E-state index contributed by atoms with van der Waals surface area (Å²) in [6.45, 7) is 3.74. The second-order valence-corrected chi connectivity index (χ2v) is 3.41. The van der Waals surface area contributed by atoms with Crippen molar-refractivity contribution in [3.63, 3.8) is 0 Å². The second-order valence-electron chi connectivity index (χ2n) is 3.41. The van der Waals surface area contributed by atoms with Gasteiger partial charge in [-0.05, 0) is 13.3 Å². The number of hydrogen-bond acceptors (Lipinski definition) is 6. The fourth-order valence-corrected chi connectivity index (χ4v) is 1.15. The summed E-state index contributed by atoms with van der Waals surface area (Å²) in [5, 5.41) is 6.83. The molecule has 1 unspecified atom stereocenters. The lowest BCUT2D eigenvalue weighted by Gasteiger charge is -2.10. The van der Waals surface area contributed by atoms with E-state index in [1.165, 1.54) is 0 Å². The minimum Gasteiger partial charge on any atom is -0.385 e. The van der Waals surface area contributed by atoms with Crippen LogP contribution >= 0.6 is 0 Å². The first kappa shape index (κ1) is 12.1. The zero-order chi connectivity index (χ0) is 11.1. The van der Waals surface area contributed by atoms with Gasteiger partial charge in [-0.1, -0.05) is 5.16 Å². The first-order chi connectivity index (χ1) is 7.22. The molecular weight excluding hydrogens is 196 g/mol. The summed E-state index contributed by atoms with van der Waals surface area (Å²) in [5.74, 6) is 1.24. The monoisotopic (exact) mass is 214 g/mol. The number of hydrogen-bond donors (Lipinski definition) is 2. The third kappa shape index (κ3) is 4.87. The van der Waals surface area contributed by atoms with E-state index in [0.29, 0.717) is 31.4 Å². The number of aromatic nitrogens is 2. The van der Waals surface area contributed by atoms with Crippen molar-refractivity contribution in [1.82, 2.24) is 15.5 Å². The molecule has 1 heterocycles. The lowest BCUT2D eigenvalue weighted by molar-refractivity contribution is 0.187. The summed E-state index contributed by atoms with van der Waals surface area (Å²) in [6.07, 6.45) is 0.840. The highest BCUT2D eigenvalue weighted by Gasteiger charge is 2.04. The number of methoxy groups -OCH3 is 1. The van der Waals surface area contributed by atoms with Gasteiger partial charge in [-0.2, -0.15) is 4.98 Å². The van der Waals surface area contributed by atoms with Crippen molar-refractivity contribution in [3.8, 4) is 0 Å². The Morgan fingerprint density at radius 3 is 3.00 bits per heavy atom. The van der Waals surface area contributed by atoms with E-state index in [4.69, 9.17) is 15.0 Å². The fourth-order valence-electron chi connectivity index (χ4n) is 1.15. The summed E-state index contributed by atoms with van der Waals surface area (Å²) in [7, 11) is 1.67. The van der Waals surface area contributed by atoms with Gasteiger partial charge in [0.2, 0.25) is 5.89 Å². The van der Waals surface area contributed by atoms with Crippen LogP contribution in [0.4, 0.5) is 0 Å². The van der Waals surface area contributed by atoms with Crippen molar-refractivity contribution in [3.05, 3.63) is 11.7 Å². The molecule has 0 aliphatic rings. The van der Waals surface area contributed by atoms with Gasteiger partial charge in [-0.3, -0.25) is 0 Å². The second kappa shape index (κ2) is 6.49. The third-order valence-electron chi connectivity index (χ3n) is 1.95. The van der Waals surface area contributed by atoms with E-state index in [1.54, 1.807) is 14.0 Å². The minimum absolute atomic E-state index is 0.0916. The van der Waals surface area contributed by atoms with Crippen LogP contribution in [0.15, 0.2) is 4.52 Å². The molecule has 0 spiro atoms. The van der Waals surface area contributed by atoms with E-state index in [9.17, 15) is 0 Å². The first-order valence-electron chi connectivity index (χ1n) is 4.96. The number of nitrogens with one attached hydrogen (secondary N) is 1. The molecular formula is C9H18N4O2. The molecule has 0 saturated heterocycles. The Hall–Kier alpha value is -0.980. The highest BCUT2D eigenvalue weighted by Crippen LogP contribution is 1.95. The van der Waals surface area contributed by atoms with Crippen LogP contribution in [0, 0.1) is 6.92 Å². The molecule has 0 aliphatic carbocycles. The van der Waals surface area contributed by atoms with Gasteiger partial charge in [0, 0.05) is 26.3 Å². The normalized spacial score (nSPS) is 13.0. The van der Waals surface area contributed by atoms with Crippen molar-refractivity contribution < 1.29 is 9.26 Å². The van der Waals surface area contributed by atoms with Crippen LogP contribution in [0.25, 0.3) is 0 Å². The molecule has 3 N–H and O–H groups in total. The molecule has 6 heteroatoms. The van der Waals surface area contributed by atoms with Crippen LogP contribution in [-0.4, -0.2) is 36.4 Å². The van der Waals surface area contributed by atoms with Gasteiger partial charge in [-0.15, -0.1) is 0 Å². The topological polar surface area (TPSA) is 86.2 Å². The molecule has 86 valence electrons. The molecule has 0 amide bonds.